The molecule has 3 N–H and O–H groups in total. The number of carboxylic acid groups (broad SMARTS) is 1. The molecule has 0 radical (unpaired) electrons. The highest BCUT2D eigenvalue weighted by atomic mass is 32.1. The van der Waals surface area contributed by atoms with Gasteiger partial charge in [-0.1, -0.05) is 70.5 Å². The first-order valence-corrected chi connectivity index (χ1v) is 18.1. The van der Waals surface area contributed by atoms with Gasteiger partial charge in [0, 0.05) is 37.4 Å². The SMILES string of the molecule is CC(=O)O[C@H](C[C@H](C(C)C)N(C)C(=O)[C@@H](NC(=O)[C@H]1CCCCN1C)C(C)C)c1nc(C(=O)NC(/C=C(\C)C(=O)O)Cc2ccccc2)cs1. The predicted molar refractivity (Wildman–Crippen MR) is 192 cm³/mol. The van der Waals surface area contributed by atoms with Crippen LogP contribution in [0.15, 0.2) is 47.4 Å². The molecule has 1 aromatic heterocycles. The van der Waals surface area contributed by atoms with E-state index in [9.17, 15) is 29.1 Å². The van der Waals surface area contributed by atoms with Crippen LogP contribution in [0.3, 0.4) is 0 Å². The third kappa shape index (κ3) is 11.5. The second-order valence-corrected chi connectivity index (χ2v) is 14.7. The fourth-order valence-electron chi connectivity index (χ4n) is 6.22. The molecule has 0 saturated carbocycles. The molecule has 0 aliphatic carbocycles. The van der Waals surface area contributed by atoms with E-state index in [0.717, 1.165) is 42.7 Å². The van der Waals surface area contributed by atoms with Crippen molar-refractivity contribution in [1.82, 2.24) is 25.4 Å². The Kier molecular flexibility index (Phi) is 15.1. The average Bonchev–Trinajstić information content (AvgIpc) is 3.55. The highest BCUT2D eigenvalue weighted by molar-refractivity contribution is 7.09. The van der Waals surface area contributed by atoms with Crippen LogP contribution in [0.4, 0.5) is 0 Å². The number of benzene rings is 1. The Morgan fingerprint density at radius 1 is 1.06 bits per heavy atom. The van der Waals surface area contributed by atoms with Crippen molar-refractivity contribution in [1.29, 1.82) is 0 Å². The number of hydrogen-bond donors (Lipinski definition) is 3. The number of carbonyl (C=O) groups is 5. The van der Waals surface area contributed by atoms with Gasteiger partial charge < -0.3 is 25.4 Å². The predicted octanol–water partition coefficient (Wildman–Crippen LogP) is 4.62. The van der Waals surface area contributed by atoms with Crippen molar-refractivity contribution in [2.24, 2.45) is 11.8 Å². The fraction of sp³-hybridized carbons (Fsp3) is 0.568. The van der Waals surface area contributed by atoms with Crippen LogP contribution < -0.4 is 10.6 Å². The smallest absolute Gasteiger partial charge is 0.331 e. The van der Waals surface area contributed by atoms with Crippen molar-refractivity contribution in [3.8, 4) is 0 Å². The zero-order valence-electron chi connectivity index (χ0n) is 30.5. The summed E-state index contributed by atoms with van der Waals surface area (Å²) in [4.78, 5) is 72.7. The zero-order chi connectivity index (χ0) is 37.1. The van der Waals surface area contributed by atoms with Crippen molar-refractivity contribution in [2.75, 3.05) is 20.6 Å². The van der Waals surface area contributed by atoms with Gasteiger partial charge in [0.15, 0.2) is 6.10 Å². The number of carboxylic acids is 1. The van der Waals surface area contributed by atoms with Gasteiger partial charge in [-0.25, -0.2) is 9.78 Å². The molecule has 3 rings (SSSR count). The number of likely N-dealkylation sites (tertiary alicyclic amines) is 1. The van der Waals surface area contributed by atoms with E-state index < -0.39 is 42.1 Å². The lowest BCUT2D eigenvalue weighted by Crippen LogP contribution is -2.57. The summed E-state index contributed by atoms with van der Waals surface area (Å²) in [6.45, 7) is 11.3. The lowest BCUT2D eigenvalue weighted by atomic mass is 9.94. The lowest BCUT2D eigenvalue weighted by molar-refractivity contribution is -0.149. The van der Waals surface area contributed by atoms with Gasteiger partial charge in [0.1, 0.15) is 16.7 Å². The summed E-state index contributed by atoms with van der Waals surface area (Å²) in [6.07, 6.45) is 3.99. The summed E-state index contributed by atoms with van der Waals surface area (Å²) >= 11 is 1.16. The van der Waals surface area contributed by atoms with Crippen LogP contribution in [-0.2, 0) is 30.3 Å². The van der Waals surface area contributed by atoms with Crippen molar-refractivity contribution in [3.63, 3.8) is 0 Å². The molecule has 2 aromatic rings. The molecule has 1 aromatic carbocycles. The van der Waals surface area contributed by atoms with Gasteiger partial charge in [0.05, 0.1) is 12.1 Å². The van der Waals surface area contributed by atoms with Crippen LogP contribution in [0.1, 0.15) is 94.4 Å². The van der Waals surface area contributed by atoms with Crippen molar-refractivity contribution in [3.05, 3.63) is 63.6 Å². The van der Waals surface area contributed by atoms with Crippen molar-refractivity contribution in [2.45, 2.75) is 104 Å². The maximum absolute atomic E-state index is 14.0. The van der Waals surface area contributed by atoms with Gasteiger partial charge in [-0.3, -0.25) is 24.1 Å². The number of ether oxygens (including phenoxy) is 1. The molecule has 3 amide bonds. The molecule has 2 heterocycles. The number of rotatable bonds is 16. The first kappa shape index (κ1) is 40.3. The maximum Gasteiger partial charge on any atom is 0.331 e. The quantitative estimate of drug-likeness (QED) is 0.167. The van der Waals surface area contributed by atoms with E-state index in [4.69, 9.17) is 4.74 Å². The van der Waals surface area contributed by atoms with Gasteiger partial charge in [0.25, 0.3) is 5.91 Å². The van der Waals surface area contributed by atoms with Gasteiger partial charge in [-0.05, 0) is 57.2 Å². The summed E-state index contributed by atoms with van der Waals surface area (Å²) in [5.74, 6) is -2.73. The first-order valence-electron chi connectivity index (χ1n) is 17.2. The molecular formula is C37H53N5O7S. The van der Waals surface area contributed by atoms with Crippen molar-refractivity contribution < 1.29 is 33.8 Å². The van der Waals surface area contributed by atoms with Crippen LogP contribution in [0.25, 0.3) is 0 Å². The standard InChI is InChI=1S/C37H53N5O7S/c1-22(2)30(42(8)36(46)32(23(3)4)40-34(45)29-16-12-13-17-41(29)7)20-31(49-25(6)43)35-39-28(21-50-35)33(44)38-27(18-24(5)37(47)48)19-26-14-10-9-11-15-26/h9-11,14-15,18,21-23,27,29-32H,12-13,16-17,19-20H2,1-8H3,(H,38,44)(H,40,45)(H,47,48)/b24-18+/t27?,29-,30-,31-,32+/m1/s1. The Balaban J connectivity index is 1.81. The van der Waals surface area contributed by atoms with E-state index >= 15 is 0 Å². The first-order chi connectivity index (χ1) is 23.6. The normalized spacial score (nSPS) is 17.8. The number of hydrogen-bond acceptors (Lipinski definition) is 9. The Morgan fingerprint density at radius 2 is 1.74 bits per heavy atom. The number of amides is 3. The van der Waals surface area contributed by atoms with Crippen LogP contribution in [0.2, 0.25) is 0 Å². The summed E-state index contributed by atoms with van der Waals surface area (Å²) in [6, 6.07) is 7.37. The molecule has 1 fully saturated rings. The lowest BCUT2D eigenvalue weighted by Gasteiger charge is -2.37. The second-order valence-electron chi connectivity index (χ2n) is 13.8. The van der Waals surface area contributed by atoms with Gasteiger partial charge in [0.2, 0.25) is 11.8 Å². The van der Waals surface area contributed by atoms with Crippen LogP contribution >= 0.6 is 11.3 Å². The Hall–Kier alpha value is -4.10. The number of piperidine rings is 1. The molecule has 1 aliphatic rings. The molecule has 274 valence electrons. The molecule has 13 heteroatoms. The minimum absolute atomic E-state index is 0.0549. The molecule has 0 bridgehead atoms. The fourth-order valence-corrected chi connectivity index (χ4v) is 7.06. The molecule has 1 aliphatic heterocycles. The third-order valence-electron chi connectivity index (χ3n) is 9.12. The molecule has 0 spiro atoms. The second kappa shape index (κ2) is 18.8. The topological polar surface area (TPSA) is 158 Å². The largest absolute Gasteiger partial charge is 0.478 e. The van der Waals surface area contributed by atoms with E-state index in [2.05, 4.69) is 15.6 Å². The number of carbonyl (C=O) groups excluding carboxylic acids is 4. The Bertz CT molecular complexity index is 1510. The van der Waals surface area contributed by atoms with Gasteiger partial charge in [-0.15, -0.1) is 11.3 Å². The molecule has 1 unspecified atom stereocenters. The van der Waals surface area contributed by atoms with Crippen molar-refractivity contribution >= 4 is 41.0 Å². The average molecular weight is 712 g/mol. The number of nitrogens with one attached hydrogen (secondary N) is 2. The summed E-state index contributed by atoms with van der Waals surface area (Å²) in [5.41, 5.74) is 1.11. The highest BCUT2D eigenvalue weighted by Crippen LogP contribution is 2.31. The van der Waals surface area contributed by atoms with E-state index in [1.165, 1.54) is 19.9 Å². The van der Waals surface area contributed by atoms with E-state index in [-0.39, 0.29) is 47.4 Å². The van der Waals surface area contributed by atoms with Crippen LogP contribution in [0.5, 0.6) is 0 Å². The number of nitrogens with zero attached hydrogens (tertiary/aromatic N) is 3. The van der Waals surface area contributed by atoms with Crippen LogP contribution in [0, 0.1) is 11.8 Å². The monoisotopic (exact) mass is 711 g/mol. The molecule has 5 atom stereocenters. The number of aromatic nitrogens is 1. The summed E-state index contributed by atoms with van der Waals surface area (Å²) < 4.78 is 5.73. The number of aliphatic carboxylic acids is 1. The van der Waals surface area contributed by atoms with E-state index in [1.54, 1.807) is 17.3 Å². The summed E-state index contributed by atoms with van der Waals surface area (Å²) in [7, 11) is 3.63. The Labute approximate surface area is 299 Å². The van der Waals surface area contributed by atoms with E-state index in [1.807, 2.05) is 70.0 Å². The molecular weight excluding hydrogens is 659 g/mol. The number of thiazole rings is 1. The molecule has 1 saturated heterocycles. The minimum atomic E-state index is -1.08. The number of esters is 1. The summed E-state index contributed by atoms with van der Waals surface area (Å²) in [5, 5.41) is 17.3. The highest BCUT2D eigenvalue weighted by Gasteiger charge is 2.36. The minimum Gasteiger partial charge on any atom is -0.478 e. The van der Waals surface area contributed by atoms with Gasteiger partial charge in [-0.2, -0.15) is 0 Å². The number of likely N-dealkylation sites (N-methyl/N-ethyl adjacent to an activating group) is 2. The maximum atomic E-state index is 14.0. The van der Waals surface area contributed by atoms with Gasteiger partial charge >= 0.3 is 11.9 Å². The third-order valence-corrected chi connectivity index (χ3v) is 10.1. The molecule has 12 nitrogen and oxygen atoms in total. The zero-order valence-corrected chi connectivity index (χ0v) is 31.3. The van der Waals surface area contributed by atoms with E-state index in [0.29, 0.717) is 11.4 Å². The molecule has 50 heavy (non-hydrogen) atoms. The van der Waals surface area contributed by atoms with Crippen LogP contribution in [-0.4, -0.2) is 94.4 Å². The Morgan fingerprint density at radius 3 is 2.32 bits per heavy atom.